The van der Waals surface area contributed by atoms with Crippen LogP contribution in [0.3, 0.4) is 0 Å². The van der Waals surface area contributed by atoms with E-state index in [-0.39, 0.29) is 5.91 Å². The smallest absolute Gasteiger partial charge is 0.252 e. The standard InChI is InChI=1S/C26H31N3O/c1-5-29(6-2)15-14-27-26(30)24-18-22(13-12-21-10-8-7-9-11-21)28-25-17-20(4)19(3)16-23(24)25/h7-13,16-18H,5-6,14-15H2,1-4H3,(H,27,30)/b13-12+. The molecule has 1 heterocycles. The maximum atomic E-state index is 13.1. The number of carbonyl (C=O) groups is 1. The molecule has 2 aromatic carbocycles. The third-order valence-corrected chi connectivity index (χ3v) is 5.54. The van der Waals surface area contributed by atoms with E-state index in [0.717, 1.165) is 47.4 Å². The first-order valence-corrected chi connectivity index (χ1v) is 10.7. The fourth-order valence-electron chi connectivity index (χ4n) is 3.49. The molecule has 0 saturated carbocycles. The first kappa shape index (κ1) is 21.7. The Bertz CT molecular complexity index is 1040. The lowest BCUT2D eigenvalue weighted by Crippen LogP contribution is -2.34. The molecule has 4 heteroatoms. The lowest BCUT2D eigenvalue weighted by Gasteiger charge is -2.18. The Kier molecular flexibility index (Phi) is 7.36. The van der Waals surface area contributed by atoms with Gasteiger partial charge in [-0.1, -0.05) is 50.3 Å². The van der Waals surface area contributed by atoms with E-state index in [2.05, 4.69) is 50.0 Å². The first-order chi connectivity index (χ1) is 14.5. The summed E-state index contributed by atoms with van der Waals surface area (Å²) in [5.41, 5.74) is 5.74. The van der Waals surface area contributed by atoms with Gasteiger partial charge >= 0.3 is 0 Å². The average molecular weight is 402 g/mol. The predicted octanol–water partition coefficient (Wildman–Crippen LogP) is 5.09. The van der Waals surface area contributed by atoms with Crippen molar-refractivity contribution in [3.63, 3.8) is 0 Å². The third kappa shape index (κ3) is 5.33. The van der Waals surface area contributed by atoms with Crippen LogP contribution in [-0.4, -0.2) is 42.0 Å². The average Bonchev–Trinajstić information content (AvgIpc) is 2.76. The number of pyridine rings is 1. The summed E-state index contributed by atoms with van der Waals surface area (Å²) >= 11 is 0. The number of nitrogens with zero attached hydrogens (tertiary/aromatic N) is 2. The summed E-state index contributed by atoms with van der Waals surface area (Å²) in [6, 6.07) is 16.1. The summed E-state index contributed by atoms with van der Waals surface area (Å²) in [4.78, 5) is 20.2. The van der Waals surface area contributed by atoms with Crippen LogP contribution in [-0.2, 0) is 0 Å². The van der Waals surface area contributed by atoms with Gasteiger partial charge in [0, 0.05) is 18.5 Å². The molecular formula is C26H31N3O. The van der Waals surface area contributed by atoms with Crippen molar-refractivity contribution in [2.75, 3.05) is 26.2 Å². The van der Waals surface area contributed by atoms with Gasteiger partial charge in [0.1, 0.15) is 0 Å². The highest BCUT2D eigenvalue weighted by molar-refractivity contribution is 6.07. The highest BCUT2D eigenvalue weighted by atomic mass is 16.1. The number of carbonyl (C=O) groups excluding carboxylic acids is 1. The molecule has 1 aromatic heterocycles. The Balaban J connectivity index is 1.93. The van der Waals surface area contributed by atoms with Crippen molar-refractivity contribution in [1.82, 2.24) is 15.2 Å². The van der Waals surface area contributed by atoms with Crippen molar-refractivity contribution in [3.8, 4) is 0 Å². The molecule has 30 heavy (non-hydrogen) atoms. The van der Waals surface area contributed by atoms with Gasteiger partial charge in [-0.15, -0.1) is 0 Å². The summed E-state index contributed by atoms with van der Waals surface area (Å²) in [5.74, 6) is -0.0489. The fourth-order valence-corrected chi connectivity index (χ4v) is 3.49. The van der Waals surface area contributed by atoms with E-state index in [1.807, 2.05) is 48.6 Å². The second-order valence-corrected chi connectivity index (χ2v) is 7.58. The molecule has 1 amide bonds. The minimum atomic E-state index is -0.0489. The summed E-state index contributed by atoms with van der Waals surface area (Å²) in [7, 11) is 0. The number of aromatic nitrogens is 1. The van der Waals surface area contributed by atoms with Crippen molar-refractivity contribution < 1.29 is 4.79 Å². The summed E-state index contributed by atoms with van der Waals surface area (Å²) in [6.07, 6.45) is 3.99. The Hall–Kier alpha value is -2.98. The highest BCUT2D eigenvalue weighted by Crippen LogP contribution is 2.23. The zero-order chi connectivity index (χ0) is 21.5. The van der Waals surface area contributed by atoms with E-state index in [1.165, 1.54) is 5.56 Å². The van der Waals surface area contributed by atoms with E-state index in [4.69, 9.17) is 4.98 Å². The maximum absolute atomic E-state index is 13.1. The van der Waals surface area contributed by atoms with E-state index in [1.54, 1.807) is 0 Å². The van der Waals surface area contributed by atoms with E-state index >= 15 is 0 Å². The SMILES string of the molecule is CCN(CC)CCNC(=O)c1cc(/C=C/c2ccccc2)nc2cc(C)c(C)cc12. The van der Waals surface area contributed by atoms with Crippen LogP contribution >= 0.6 is 0 Å². The maximum Gasteiger partial charge on any atom is 0.252 e. The minimum Gasteiger partial charge on any atom is -0.351 e. The van der Waals surface area contributed by atoms with Gasteiger partial charge in [-0.2, -0.15) is 0 Å². The second-order valence-electron chi connectivity index (χ2n) is 7.58. The molecule has 1 N–H and O–H groups in total. The molecule has 0 bridgehead atoms. The molecule has 3 aromatic rings. The van der Waals surface area contributed by atoms with Crippen molar-refractivity contribution in [2.24, 2.45) is 0 Å². The number of benzene rings is 2. The van der Waals surface area contributed by atoms with Gasteiger partial charge in [0.05, 0.1) is 16.8 Å². The zero-order valence-electron chi connectivity index (χ0n) is 18.4. The number of aryl methyl sites for hydroxylation is 2. The molecule has 0 spiro atoms. The van der Waals surface area contributed by atoms with Crippen molar-refractivity contribution in [3.05, 3.63) is 76.5 Å². The summed E-state index contributed by atoms with van der Waals surface area (Å²) < 4.78 is 0. The van der Waals surface area contributed by atoms with Crippen molar-refractivity contribution in [1.29, 1.82) is 0 Å². The van der Waals surface area contributed by atoms with Crippen LogP contribution in [0.1, 0.15) is 46.6 Å². The van der Waals surface area contributed by atoms with Crippen LogP contribution < -0.4 is 5.32 Å². The van der Waals surface area contributed by atoms with Gasteiger partial charge in [0.2, 0.25) is 0 Å². The first-order valence-electron chi connectivity index (χ1n) is 10.7. The van der Waals surface area contributed by atoms with Crippen molar-refractivity contribution in [2.45, 2.75) is 27.7 Å². The van der Waals surface area contributed by atoms with Crippen LogP contribution in [0.4, 0.5) is 0 Å². The van der Waals surface area contributed by atoms with Gasteiger partial charge in [-0.3, -0.25) is 4.79 Å². The number of hydrogen-bond donors (Lipinski definition) is 1. The fraction of sp³-hybridized carbons (Fsp3) is 0.308. The molecule has 0 aliphatic rings. The van der Waals surface area contributed by atoms with Crippen LogP contribution in [0.2, 0.25) is 0 Å². The molecular weight excluding hydrogens is 370 g/mol. The minimum absolute atomic E-state index is 0.0489. The van der Waals surface area contributed by atoms with Gasteiger partial charge in [0.15, 0.2) is 0 Å². The summed E-state index contributed by atoms with van der Waals surface area (Å²) in [6.45, 7) is 11.9. The second kappa shape index (κ2) is 10.2. The lowest BCUT2D eigenvalue weighted by atomic mass is 10.0. The predicted molar refractivity (Wildman–Crippen MR) is 127 cm³/mol. The topological polar surface area (TPSA) is 45.2 Å². The normalized spacial score (nSPS) is 11.5. The highest BCUT2D eigenvalue weighted by Gasteiger charge is 2.14. The number of rotatable bonds is 8. The number of nitrogens with one attached hydrogen (secondary N) is 1. The molecule has 0 aliphatic heterocycles. The quantitative estimate of drug-likeness (QED) is 0.572. The molecule has 0 saturated heterocycles. The zero-order valence-corrected chi connectivity index (χ0v) is 18.4. The Labute approximate surface area is 179 Å². The molecule has 0 aliphatic carbocycles. The van der Waals surface area contributed by atoms with E-state index in [0.29, 0.717) is 12.1 Å². The van der Waals surface area contributed by atoms with Gasteiger partial charge in [0.25, 0.3) is 5.91 Å². The monoisotopic (exact) mass is 401 g/mol. The molecule has 0 radical (unpaired) electrons. The molecule has 0 atom stereocenters. The van der Waals surface area contributed by atoms with Crippen LogP contribution in [0.15, 0.2) is 48.5 Å². The molecule has 4 nitrogen and oxygen atoms in total. The number of amides is 1. The number of fused-ring (bicyclic) bond motifs is 1. The Morgan fingerprint density at radius 3 is 2.40 bits per heavy atom. The van der Waals surface area contributed by atoms with Gasteiger partial charge in [-0.05, 0) is 67.9 Å². The Morgan fingerprint density at radius 1 is 1.00 bits per heavy atom. The van der Waals surface area contributed by atoms with Crippen LogP contribution in [0, 0.1) is 13.8 Å². The van der Waals surface area contributed by atoms with Gasteiger partial charge < -0.3 is 10.2 Å². The number of likely N-dealkylation sites (N-methyl/N-ethyl adjacent to an activating group) is 1. The number of hydrogen-bond acceptors (Lipinski definition) is 3. The van der Waals surface area contributed by atoms with E-state index in [9.17, 15) is 4.79 Å². The summed E-state index contributed by atoms with van der Waals surface area (Å²) in [5, 5.41) is 3.99. The van der Waals surface area contributed by atoms with E-state index < -0.39 is 0 Å². The lowest BCUT2D eigenvalue weighted by molar-refractivity contribution is 0.0950. The van der Waals surface area contributed by atoms with Crippen molar-refractivity contribution >= 4 is 29.0 Å². The molecule has 0 fully saturated rings. The molecule has 3 rings (SSSR count). The Morgan fingerprint density at radius 2 is 1.70 bits per heavy atom. The van der Waals surface area contributed by atoms with Crippen LogP contribution in [0.25, 0.3) is 23.1 Å². The third-order valence-electron chi connectivity index (χ3n) is 5.54. The van der Waals surface area contributed by atoms with Gasteiger partial charge in [-0.25, -0.2) is 4.98 Å². The molecule has 156 valence electrons. The molecule has 0 unspecified atom stereocenters. The largest absolute Gasteiger partial charge is 0.351 e. The van der Waals surface area contributed by atoms with Crippen LogP contribution in [0.5, 0.6) is 0 Å².